The molecule has 10 nitrogen and oxygen atoms in total. The molecule has 4 rings (SSSR count). The van der Waals surface area contributed by atoms with Gasteiger partial charge in [-0.1, -0.05) is 32.4 Å². The van der Waals surface area contributed by atoms with Crippen molar-refractivity contribution in [1.29, 1.82) is 0 Å². The number of rotatable bonds is 5. The SMILES string of the molecule is CC(C)(C)C(N)C(=O)Nc1ncnc2c1ncn2-c1ccc(NC(=O)Nc2ccc(Cl)c(C(F)(F)F)c2)cc1. The molecule has 0 bridgehead atoms. The summed E-state index contributed by atoms with van der Waals surface area (Å²) in [6.45, 7) is 5.56. The largest absolute Gasteiger partial charge is 0.417 e. The molecule has 0 spiro atoms. The van der Waals surface area contributed by atoms with Gasteiger partial charge in [-0.3, -0.25) is 9.36 Å². The fraction of sp³-hybridized carbons (Fsp3) is 0.240. The molecule has 39 heavy (non-hydrogen) atoms. The third-order valence-electron chi connectivity index (χ3n) is 5.72. The van der Waals surface area contributed by atoms with Crippen LogP contribution in [0.15, 0.2) is 55.1 Å². The average Bonchev–Trinajstić information content (AvgIpc) is 3.29. The van der Waals surface area contributed by atoms with Gasteiger partial charge in [0, 0.05) is 17.1 Å². The second-order valence-electron chi connectivity index (χ2n) is 9.66. The molecule has 3 amide bonds. The van der Waals surface area contributed by atoms with Crippen molar-refractivity contribution in [3.8, 4) is 5.69 Å². The number of urea groups is 1. The lowest BCUT2D eigenvalue weighted by atomic mass is 9.87. The van der Waals surface area contributed by atoms with Crippen LogP contribution in [0.1, 0.15) is 26.3 Å². The predicted octanol–water partition coefficient (Wildman–Crippen LogP) is 5.44. The van der Waals surface area contributed by atoms with Crippen LogP contribution in [0.2, 0.25) is 5.02 Å². The van der Waals surface area contributed by atoms with E-state index >= 15 is 0 Å². The molecule has 0 aliphatic carbocycles. The van der Waals surface area contributed by atoms with E-state index in [1.165, 1.54) is 18.7 Å². The van der Waals surface area contributed by atoms with Gasteiger partial charge in [0.1, 0.15) is 12.7 Å². The van der Waals surface area contributed by atoms with E-state index in [4.69, 9.17) is 17.3 Å². The molecule has 2 aromatic carbocycles. The first-order valence-corrected chi connectivity index (χ1v) is 11.9. The number of carbonyl (C=O) groups excluding carboxylic acids is 2. The molecule has 0 saturated heterocycles. The number of hydrogen-bond acceptors (Lipinski definition) is 6. The van der Waals surface area contributed by atoms with E-state index in [0.29, 0.717) is 22.5 Å². The number of nitrogens with two attached hydrogens (primary N) is 1. The highest BCUT2D eigenvalue weighted by atomic mass is 35.5. The Kier molecular flexibility index (Phi) is 7.48. The number of nitrogens with zero attached hydrogens (tertiary/aromatic N) is 4. The topological polar surface area (TPSA) is 140 Å². The average molecular weight is 561 g/mol. The lowest BCUT2D eigenvalue weighted by molar-refractivity contribution is -0.137. The zero-order valence-electron chi connectivity index (χ0n) is 21.0. The number of amides is 3. The van der Waals surface area contributed by atoms with Crippen LogP contribution in [0.3, 0.4) is 0 Å². The van der Waals surface area contributed by atoms with Crippen LogP contribution >= 0.6 is 11.6 Å². The first kappa shape index (κ1) is 27.8. The smallest absolute Gasteiger partial charge is 0.319 e. The zero-order valence-corrected chi connectivity index (χ0v) is 21.7. The van der Waals surface area contributed by atoms with Crippen LogP contribution in [-0.4, -0.2) is 37.5 Å². The van der Waals surface area contributed by atoms with E-state index in [2.05, 4.69) is 30.9 Å². The lowest BCUT2D eigenvalue weighted by Crippen LogP contribution is -2.45. The maximum atomic E-state index is 13.1. The zero-order chi connectivity index (χ0) is 28.5. The number of nitrogens with one attached hydrogen (secondary N) is 3. The molecule has 0 aliphatic heterocycles. The molecule has 2 aromatic heterocycles. The molecule has 0 saturated carbocycles. The van der Waals surface area contributed by atoms with Crippen molar-refractivity contribution in [2.24, 2.45) is 11.1 Å². The Bertz CT molecular complexity index is 1530. The highest BCUT2D eigenvalue weighted by molar-refractivity contribution is 6.31. The monoisotopic (exact) mass is 560 g/mol. The summed E-state index contributed by atoms with van der Waals surface area (Å²) in [5.74, 6) is -0.187. The van der Waals surface area contributed by atoms with Gasteiger partial charge in [-0.2, -0.15) is 13.2 Å². The molecule has 2 heterocycles. The molecule has 0 aliphatic rings. The standard InChI is InChI=1S/C25H24ClF3N8O2/c1-24(2,3)19(30)22(38)36-20-18-21(32-11-31-20)37(12-33-18)15-7-4-13(5-8-15)34-23(39)35-14-6-9-17(26)16(10-14)25(27,28)29/h4-12,19H,30H2,1-3H3,(H2,34,35,39)(H,31,32,36,38). The fourth-order valence-electron chi connectivity index (χ4n) is 3.52. The number of alkyl halides is 3. The van der Waals surface area contributed by atoms with E-state index in [-0.39, 0.29) is 11.5 Å². The minimum atomic E-state index is -4.66. The van der Waals surface area contributed by atoms with Gasteiger partial charge < -0.3 is 21.7 Å². The van der Waals surface area contributed by atoms with Crippen molar-refractivity contribution in [3.05, 3.63) is 65.7 Å². The minimum absolute atomic E-state index is 0.0724. The Hall–Kier alpha value is -4.23. The van der Waals surface area contributed by atoms with Crippen LogP contribution in [0.5, 0.6) is 0 Å². The molecule has 5 N–H and O–H groups in total. The Balaban J connectivity index is 1.48. The van der Waals surface area contributed by atoms with Crippen molar-refractivity contribution < 1.29 is 22.8 Å². The molecule has 4 aromatic rings. The first-order valence-electron chi connectivity index (χ1n) is 11.5. The minimum Gasteiger partial charge on any atom is -0.319 e. The van der Waals surface area contributed by atoms with E-state index in [0.717, 1.165) is 12.1 Å². The third-order valence-corrected chi connectivity index (χ3v) is 6.05. The third kappa shape index (κ3) is 6.26. The van der Waals surface area contributed by atoms with Crippen molar-refractivity contribution in [1.82, 2.24) is 19.5 Å². The quantitative estimate of drug-likeness (QED) is 0.256. The molecule has 204 valence electrons. The Morgan fingerprint density at radius 1 is 0.949 bits per heavy atom. The van der Waals surface area contributed by atoms with Gasteiger partial charge in [0.05, 0.1) is 16.6 Å². The number of halogens is 4. The van der Waals surface area contributed by atoms with Crippen LogP contribution in [0.4, 0.5) is 35.2 Å². The first-order chi connectivity index (χ1) is 18.2. The van der Waals surface area contributed by atoms with Gasteiger partial charge in [-0.15, -0.1) is 0 Å². The van der Waals surface area contributed by atoms with Gasteiger partial charge in [0.2, 0.25) is 5.91 Å². The Morgan fingerprint density at radius 3 is 2.23 bits per heavy atom. The van der Waals surface area contributed by atoms with E-state index in [9.17, 15) is 22.8 Å². The number of hydrogen-bond donors (Lipinski definition) is 4. The predicted molar refractivity (Wildman–Crippen MR) is 142 cm³/mol. The molecular weight excluding hydrogens is 537 g/mol. The van der Waals surface area contributed by atoms with Gasteiger partial charge in [-0.05, 0) is 47.9 Å². The summed E-state index contributed by atoms with van der Waals surface area (Å²) in [5.41, 5.74) is 6.25. The van der Waals surface area contributed by atoms with E-state index < -0.39 is 40.2 Å². The molecule has 1 atom stereocenters. The van der Waals surface area contributed by atoms with Crippen LogP contribution < -0.4 is 21.7 Å². The van der Waals surface area contributed by atoms with Gasteiger partial charge in [-0.25, -0.2) is 19.7 Å². The number of carbonyl (C=O) groups is 2. The van der Waals surface area contributed by atoms with Gasteiger partial charge >= 0.3 is 12.2 Å². The fourth-order valence-corrected chi connectivity index (χ4v) is 3.75. The van der Waals surface area contributed by atoms with Gasteiger partial charge in [0.25, 0.3) is 0 Å². The Morgan fingerprint density at radius 2 is 1.59 bits per heavy atom. The normalized spacial score (nSPS) is 12.7. The molecule has 0 radical (unpaired) electrons. The Labute approximate surface area is 225 Å². The highest BCUT2D eigenvalue weighted by Gasteiger charge is 2.33. The highest BCUT2D eigenvalue weighted by Crippen LogP contribution is 2.36. The van der Waals surface area contributed by atoms with Crippen LogP contribution in [0.25, 0.3) is 16.9 Å². The van der Waals surface area contributed by atoms with Crippen molar-refractivity contribution in [2.45, 2.75) is 33.0 Å². The van der Waals surface area contributed by atoms with Crippen molar-refractivity contribution in [3.63, 3.8) is 0 Å². The number of anilines is 3. The van der Waals surface area contributed by atoms with E-state index in [1.54, 1.807) is 28.8 Å². The summed E-state index contributed by atoms with van der Waals surface area (Å²) in [6.07, 6.45) is -1.86. The number of benzene rings is 2. The van der Waals surface area contributed by atoms with Crippen LogP contribution in [-0.2, 0) is 11.0 Å². The molecule has 1 unspecified atom stereocenters. The maximum absolute atomic E-state index is 13.1. The van der Waals surface area contributed by atoms with Crippen LogP contribution in [0, 0.1) is 5.41 Å². The summed E-state index contributed by atoms with van der Waals surface area (Å²) in [7, 11) is 0. The second kappa shape index (κ2) is 10.5. The van der Waals surface area contributed by atoms with E-state index in [1.807, 2.05) is 20.8 Å². The number of imidazole rings is 1. The molecule has 0 fully saturated rings. The van der Waals surface area contributed by atoms with Crippen molar-refractivity contribution in [2.75, 3.05) is 16.0 Å². The van der Waals surface area contributed by atoms with Crippen molar-refractivity contribution >= 4 is 51.9 Å². The maximum Gasteiger partial charge on any atom is 0.417 e. The van der Waals surface area contributed by atoms with Gasteiger partial charge in [0.15, 0.2) is 17.0 Å². The number of fused-ring (bicyclic) bond motifs is 1. The number of aromatic nitrogens is 4. The summed E-state index contributed by atoms with van der Waals surface area (Å²) in [6, 6.07) is 8.11. The summed E-state index contributed by atoms with van der Waals surface area (Å²) in [4.78, 5) is 37.6. The molecular formula is C25H24ClF3N8O2. The summed E-state index contributed by atoms with van der Waals surface area (Å²) in [5, 5.41) is 7.14. The summed E-state index contributed by atoms with van der Waals surface area (Å²) < 4.78 is 40.9. The molecule has 14 heteroatoms. The lowest BCUT2D eigenvalue weighted by Gasteiger charge is -2.25. The summed E-state index contributed by atoms with van der Waals surface area (Å²) >= 11 is 5.61. The second-order valence-corrected chi connectivity index (χ2v) is 10.1.